The maximum atomic E-state index is 12.8. The van der Waals surface area contributed by atoms with Gasteiger partial charge in [0.2, 0.25) is 5.91 Å². The van der Waals surface area contributed by atoms with Gasteiger partial charge >= 0.3 is 0 Å². The fourth-order valence-corrected chi connectivity index (χ4v) is 4.33. The van der Waals surface area contributed by atoms with Crippen LogP contribution in [-0.2, 0) is 35.2 Å². The van der Waals surface area contributed by atoms with Gasteiger partial charge < -0.3 is 10.1 Å². The Bertz CT molecular complexity index is 588. The first-order valence-corrected chi connectivity index (χ1v) is 9.03. The Morgan fingerprint density at radius 3 is 2.30 bits per heavy atom. The fourth-order valence-electron chi connectivity index (χ4n) is 4.33. The zero-order chi connectivity index (χ0) is 15.8. The molecule has 1 unspecified atom stereocenters. The summed E-state index contributed by atoms with van der Waals surface area (Å²) in [5.41, 5.74) is 6.93. The van der Waals surface area contributed by atoms with Crippen molar-refractivity contribution in [3.05, 3.63) is 28.3 Å². The van der Waals surface area contributed by atoms with Crippen molar-refractivity contribution in [3.63, 3.8) is 0 Å². The van der Waals surface area contributed by atoms with Crippen LogP contribution in [0, 0.1) is 0 Å². The molecule has 0 bridgehead atoms. The molecule has 1 aliphatic heterocycles. The number of carbonyl (C=O) groups excluding carboxylic acids is 1. The van der Waals surface area contributed by atoms with Gasteiger partial charge in [0.05, 0.1) is 19.3 Å². The highest BCUT2D eigenvalue weighted by Gasteiger charge is 2.28. The number of aryl methyl sites for hydroxylation is 2. The molecule has 1 heterocycles. The number of morpholine rings is 1. The second-order valence-electron chi connectivity index (χ2n) is 7.05. The van der Waals surface area contributed by atoms with Crippen molar-refractivity contribution in [2.75, 3.05) is 31.6 Å². The van der Waals surface area contributed by atoms with Crippen LogP contribution in [0.2, 0.25) is 0 Å². The lowest BCUT2D eigenvalue weighted by Crippen LogP contribution is -2.47. The Hall–Kier alpha value is -1.39. The lowest BCUT2D eigenvalue weighted by molar-refractivity contribution is -0.122. The van der Waals surface area contributed by atoms with Gasteiger partial charge in [0.1, 0.15) is 0 Å². The van der Waals surface area contributed by atoms with Crippen LogP contribution >= 0.6 is 0 Å². The third kappa shape index (κ3) is 2.79. The molecule has 0 aromatic heterocycles. The van der Waals surface area contributed by atoms with Gasteiger partial charge in [-0.2, -0.15) is 0 Å². The molecule has 4 heteroatoms. The van der Waals surface area contributed by atoms with E-state index in [4.69, 9.17) is 4.74 Å². The predicted molar refractivity (Wildman–Crippen MR) is 91.0 cm³/mol. The highest BCUT2D eigenvalue weighted by atomic mass is 16.5. The number of hydrogen-bond acceptors (Lipinski definition) is 3. The SMILES string of the molecule is CC(C(=O)Nc1c2c(cc3c1CCC3)CCC2)N1CCOCC1. The van der Waals surface area contributed by atoms with E-state index in [-0.39, 0.29) is 11.9 Å². The van der Waals surface area contributed by atoms with Crippen molar-refractivity contribution >= 4 is 11.6 Å². The topological polar surface area (TPSA) is 41.6 Å². The molecule has 1 fully saturated rings. The molecule has 1 amide bonds. The van der Waals surface area contributed by atoms with Crippen LogP contribution in [0.4, 0.5) is 5.69 Å². The summed E-state index contributed by atoms with van der Waals surface area (Å²) < 4.78 is 5.40. The van der Waals surface area contributed by atoms with Crippen molar-refractivity contribution in [3.8, 4) is 0 Å². The van der Waals surface area contributed by atoms with Crippen LogP contribution in [0.1, 0.15) is 42.0 Å². The Morgan fingerprint density at radius 1 is 1.09 bits per heavy atom. The number of fused-ring (bicyclic) bond motifs is 2. The summed E-state index contributed by atoms with van der Waals surface area (Å²) in [5, 5.41) is 3.32. The van der Waals surface area contributed by atoms with E-state index >= 15 is 0 Å². The van der Waals surface area contributed by atoms with Gasteiger partial charge in [0.25, 0.3) is 0 Å². The number of nitrogens with one attached hydrogen (secondary N) is 1. The summed E-state index contributed by atoms with van der Waals surface area (Å²) in [7, 11) is 0. The number of rotatable bonds is 3. The Kier molecular flexibility index (Phi) is 4.12. The second-order valence-corrected chi connectivity index (χ2v) is 7.05. The highest BCUT2D eigenvalue weighted by Crippen LogP contribution is 2.38. The molecule has 2 aliphatic carbocycles. The monoisotopic (exact) mass is 314 g/mol. The average molecular weight is 314 g/mol. The first-order valence-electron chi connectivity index (χ1n) is 9.03. The molecule has 0 spiro atoms. The maximum Gasteiger partial charge on any atom is 0.241 e. The average Bonchev–Trinajstić information content (AvgIpc) is 3.23. The van der Waals surface area contributed by atoms with E-state index in [9.17, 15) is 4.79 Å². The first kappa shape index (κ1) is 15.2. The van der Waals surface area contributed by atoms with Gasteiger partial charge in [-0.25, -0.2) is 0 Å². The minimum Gasteiger partial charge on any atom is -0.379 e. The van der Waals surface area contributed by atoms with Gasteiger partial charge in [-0.15, -0.1) is 0 Å². The van der Waals surface area contributed by atoms with Gasteiger partial charge in [0.15, 0.2) is 0 Å². The van der Waals surface area contributed by atoms with E-state index in [2.05, 4.69) is 16.3 Å². The molecule has 1 aromatic rings. The zero-order valence-corrected chi connectivity index (χ0v) is 14.0. The van der Waals surface area contributed by atoms with Crippen LogP contribution in [0.5, 0.6) is 0 Å². The van der Waals surface area contributed by atoms with Crippen molar-refractivity contribution in [2.24, 2.45) is 0 Å². The Balaban J connectivity index is 1.58. The molecule has 124 valence electrons. The standard InChI is InChI=1S/C19H26N2O2/c1-13(21-8-10-23-11-9-21)19(22)20-18-16-6-2-4-14(16)12-15-5-3-7-17(15)18/h12-13H,2-11H2,1H3,(H,20,22). The number of carbonyl (C=O) groups is 1. The van der Waals surface area contributed by atoms with Crippen LogP contribution in [0.3, 0.4) is 0 Å². The van der Waals surface area contributed by atoms with E-state index in [0.29, 0.717) is 0 Å². The van der Waals surface area contributed by atoms with Crippen molar-refractivity contribution in [1.29, 1.82) is 0 Å². The third-order valence-electron chi connectivity index (χ3n) is 5.69. The lowest BCUT2D eigenvalue weighted by atomic mass is 9.98. The van der Waals surface area contributed by atoms with E-state index in [1.54, 1.807) is 0 Å². The summed E-state index contributed by atoms with van der Waals surface area (Å²) in [6.45, 7) is 5.17. The molecule has 1 saturated heterocycles. The van der Waals surface area contributed by atoms with Gasteiger partial charge in [-0.3, -0.25) is 9.69 Å². The predicted octanol–water partition coefficient (Wildman–Crippen LogP) is 2.32. The smallest absolute Gasteiger partial charge is 0.241 e. The molecule has 4 rings (SSSR count). The summed E-state index contributed by atoms with van der Waals surface area (Å²) in [5.74, 6) is 0.140. The second kappa shape index (κ2) is 6.25. The summed E-state index contributed by atoms with van der Waals surface area (Å²) in [6.07, 6.45) is 7.02. The molecule has 1 aromatic carbocycles. The molecule has 0 radical (unpaired) electrons. The lowest BCUT2D eigenvalue weighted by Gasteiger charge is -2.31. The van der Waals surface area contributed by atoms with E-state index in [0.717, 1.165) is 44.8 Å². The molecule has 23 heavy (non-hydrogen) atoms. The summed E-state index contributed by atoms with van der Waals surface area (Å²) >= 11 is 0. The van der Waals surface area contributed by atoms with Crippen LogP contribution in [0.25, 0.3) is 0 Å². The molecule has 3 aliphatic rings. The van der Waals surface area contributed by atoms with Crippen molar-refractivity contribution in [2.45, 2.75) is 51.5 Å². The number of benzene rings is 1. The Morgan fingerprint density at radius 2 is 1.70 bits per heavy atom. The van der Waals surface area contributed by atoms with Gasteiger partial charge in [-0.1, -0.05) is 6.07 Å². The molecule has 1 atom stereocenters. The largest absolute Gasteiger partial charge is 0.379 e. The summed E-state index contributed by atoms with van der Waals surface area (Å²) in [4.78, 5) is 15.0. The van der Waals surface area contributed by atoms with Gasteiger partial charge in [-0.05, 0) is 67.7 Å². The zero-order valence-electron chi connectivity index (χ0n) is 14.0. The van der Waals surface area contributed by atoms with Crippen molar-refractivity contribution < 1.29 is 9.53 Å². The minimum atomic E-state index is -0.0896. The first-order chi connectivity index (χ1) is 11.2. The molecule has 1 N–H and O–H groups in total. The summed E-state index contributed by atoms with van der Waals surface area (Å²) in [6, 6.07) is 2.32. The number of hydrogen-bond donors (Lipinski definition) is 1. The van der Waals surface area contributed by atoms with Crippen LogP contribution in [-0.4, -0.2) is 43.2 Å². The molecular formula is C19H26N2O2. The maximum absolute atomic E-state index is 12.8. The van der Waals surface area contributed by atoms with Crippen molar-refractivity contribution in [1.82, 2.24) is 4.90 Å². The molecule has 4 nitrogen and oxygen atoms in total. The molecular weight excluding hydrogens is 288 g/mol. The normalized spacial score (nSPS) is 21.8. The number of anilines is 1. The fraction of sp³-hybridized carbons (Fsp3) is 0.632. The number of ether oxygens (including phenoxy) is 1. The van der Waals surface area contributed by atoms with E-state index in [1.807, 2.05) is 6.92 Å². The van der Waals surface area contributed by atoms with Crippen LogP contribution < -0.4 is 5.32 Å². The Labute approximate surface area is 138 Å². The molecule has 0 saturated carbocycles. The van der Waals surface area contributed by atoms with E-state index < -0.39 is 0 Å². The minimum absolute atomic E-state index is 0.0896. The number of nitrogens with zero attached hydrogens (tertiary/aromatic N) is 1. The van der Waals surface area contributed by atoms with E-state index in [1.165, 1.54) is 47.9 Å². The third-order valence-corrected chi connectivity index (χ3v) is 5.69. The number of amides is 1. The van der Waals surface area contributed by atoms with Gasteiger partial charge in [0, 0.05) is 18.8 Å². The highest BCUT2D eigenvalue weighted by molar-refractivity contribution is 5.96. The van der Waals surface area contributed by atoms with Crippen LogP contribution in [0.15, 0.2) is 6.07 Å². The quantitative estimate of drug-likeness (QED) is 0.931.